The summed E-state index contributed by atoms with van der Waals surface area (Å²) in [5.41, 5.74) is 1.87. The monoisotopic (exact) mass is 454 g/mol. The quantitative estimate of drug-likeness (QED) is 0.639. The number of nitrogens with one attached hydrogen (secondary N) is 1. The van der Waals surface area contributed by atoms with Gasteiger partial charge in [0.1, 0.15) is 5.82 Å². The van der Waals surface area contributed by atoms with Gasteiger partial charge in [0, 0.05) is 23.4 Å². The van der Waals surface area contributed by atoms with Crippen molar-refractivity contribution in [1.82, 2.24) is 25.1 Å². The average Bonchev–Trinajstić information content (AvgIpc) is 3.36. The van der Waals surface area contributed by atoms with Gasteiger partial charge in [0.15, 0.2) is 5.69 Å². The minimum atomic E-state index is -4.53. The van der Waals surface area contributed by atoms with Crippen molar-refractivity contribution in [3.05, 3.63) is 65.7 Å². The number of carbonyl (C=O) groups excluding carboxylic acids is 1. The van der Waals surface area contributed by atoms with Gasteiger partial charge in [-0.3, -0.25) is 4.79 Å². The Morgan fingerprint density at radius 1 is 1.12 bits per heavy atom. The maximum absolute atomic E-state index is 13.7. The molecule has 2 aromatic heterocycles. The van der Waals surface area contributed by atoms with E-state index >= 15 is 0 Å². The topological polar surface area (TPSA) is 83.9 Å². The number of amides is 1. The summed E-state index contributed by atoms with van der Waals surface area (Å²) < 4.78 is 38.3. The predicted molar refractivity (Wildman–Crippen MR) is 114 cm³/mol. The maximum Gasteiger partial charge on any atom is 0.434 e. The van der Waals surface area contributed by atoms with E-state index in [2.05, 4.69) is 25.5 Å². The van der Waals surface area contributed by atoms with E-state index in [0.717, 1.165) is 36.4 Å². The van der Waals surface area contributed by atoms with Gasteiger partial charge in [-0.25, -0.2) is 9.97 Å². The molecule has 0 aliphatic carbocycles. The van der Waals surface area contributed by atoms with Crippen LogP contribution in [0.1, 0.15) is 40.9 Å². The lowest BCUT2D eigenvalue weighted by Crippen LogP contribution is -2.40. The molecule has 2 fully saturated rings. The van der Waals surface area contributed by atoms with Crippen LogP contribution in [0.2, 0.25) is 0 Å². The largest absolute Gasteiger partial charge is 0.434 e. The Morgan fingerprint density at radius 2 is 1.97 bits per heavy atom. The fourth-order valence-corrected chi connectivity index (χ4v) is 4.96. The molecule has 0 saturated carbocycles. The van der Waals surface area contributed by atoms with Crippen LogP contribution in [0.3, 0.4) is 0 Å². The molecule has 3 atom stereocenters. The zero-order chi connectivity index (χ0) is 23.2. The summed E-state index contributed by atoms with van der Waals surface area (Å²) in [6.07, 6.45) is 1.27. The van der Waals surface area contributed by atoms with Crippen LogP contribution in [-0.4, -0.2) is 49.1 Å². The van der Waals surface area contributed by atoms with E-state index in [1.54, 1.807) is 18.3 Å². The molecule has 1 N–H and O–H groups in total. The summed E-state index contributed by atoms with van der Waals surface area (Å²) in [5, 5.41) is 11.3. The van der Waals surface area contributed by atoms with Crippen LogP contribution in [0.4, 0.5) is 19.0 Å². The summed E-state index contributed by atoms with van der Waals surface area (Å²) in [4.78, 5) is 23.0. The summed E-state index contributed by atoms with van der Waals surface area (Å²) in [6.45, 7) is 1.94. The van der Waals surface area contributed by atoms with E-state index in [9.17, 15) is 18.0 Å². The summed E-state index contributed by atoms with van der Waals surface area (Å²) in [5.74, 6) is 0.193. The van der Waals surface area contributed by atoms with E-state index in [0.29, 0.717) is 17.7 Å². The number of aromatic nitrogens is 4. The molecule has 2 aliphatic heterocycles. The second-order valence-corrected chi connectivity index (χ2v) is 8.39. The van der Waals surface area contributed by atoms with Crippen LogP contribution in [0, 0.1) is 6.92 Å². The van der Waals surface area contributed by atoms with Crippen LogP contribution < -0.4 is 5.32 Å². The third kappa shape index (κ3) is 3.90. The SMILES string of the molecule is Cc1cccc(C(=O)N2[C@@H]3CC[C@H]2[C@H](Nc2cnc(C(F)(F)F)cn2)C3)c1-c1cccnn1. The molecular formula is C23H21F3N6O. The zero-order valence-corrected chi connectivity index (χ0v) is 17.8. The molecule has 170 valence electrons. The van der Waals surface area contributed by atoms with Crippen LogP contribution in [0.15, 0.2) is 48.9 Å². The Labute approximate surface area is 188 Å². The second-order valence-electron chi connectivity index (χ2n) is 8.39. The number of alkyl halides is 3. The molecule has 33 heavy (non-hydrogen) atoms. The van der Waals surface area contributed by atoms with E-state index in [4.69, 9.17) is 0 Å². The molecule has 0 spiro atoms. The number of nitrogens with zero attached hydrogens (tertiary/aromatic N) is 5. The maximum atomic E-state index is 13.7. The van der Waals surface area contributed by atoms with E-state index < -0.39 is 11.9 Å². The first-order valence-corrected chi connectivity index (χ1v) is 10.7. The Morgan fingerprint density at radius 3 is 2.67 bits per heavy atom. The second kappa shape index (κ2) is 8.09. The van der Waals surface area contributed by atoms with Gasteiger partial charge in [-0.1, -0.05) is 12.1 Å². The van der Waals surface area contributed by atoms with Gasteiger partial charge in [-0.2, -0.15) is 23.4 Å². The van der Waals surface area contributed by atoms with Crippen molar-refractivity contribution in [3.8, 4) is 11.3 Å². The first kappa shape index (κ1) is 21.3. The molecule has 4 heterocycles. The van der Waals surface area contributed by atoms with Gasteiger partial charge in [0.05, 0.1) is 30.2 Å². The lowest BCUT2D eigenvalue weighted by molar-refractivity contribution is -0.141. The summed E-state index contributed by atoms with van der Waals surface area (Å²) >= 11 is 0. The molecule has 0 unspecified atom stereocenters. The van der Waals surface area contributed by atoms with Gasteiger partial charge in [-0.15, -0.1) is 0 Å². The van der Waals surface area contributed by atoms with E-state index in [1.807, 2.05) is 30.0 Å². The van der Waals surface area contributed by atoms with Crippen molar-refractivity contribution in [2.45, 2.75) is 50.5 Å². The highest BCUT2D eigenvalue weighted by Crippen LogP contribution is 2.41. The first-order chi connectivity index (χ1) is 15.8. The predicted octanol–water partition coefficient (Wildman–Crippen LogP) is 4.12. The molecule has 3 aromatic rings. The molecule has 2 saturated heterocycles. The Kier molecular flexibility index (Phi) is 5.22. The normalized spacial score (nSPS) is 21.9. The number of carbonyl (C=O) groups is 1. The molecule has 7 nitrogen and oxygen atoms in total. The third-order valence-electron chi connectivity index (χ3n) is 6.38. The van der Waals surface area contributed by atoms with Gasteiger partial charge in [0.25, 0.3) is 5.91 Å². The number of fused-ring (bicyclic) bond motifs is 2. The van der Waals surface area contributed by atoms with Gasteiger partial charge < -0.3 is 10.2 Å². The number of hydrogen-bond donors (Lipinski definition) is 1. The molecule has 5 rings (SSSR count). The number of hydrogen-bond acceptors (Lipinski definition) is 6. The zero-order valence-electron chi connectivity index (χ0n) is 17.8. The Hall–Kier alpha value is -3.56. The highest BCUT2D eigenvalue weighted by molar-refractivity contribution is 6.02. The highest BCUT2D eigenvalue weighted by Gasteiger charge is 2.49. The fourth-order valence-electron chi connectivity index (χ4n) is 4.96. The van der Waals surface area contributed by atoms with E-state index in [-0.39, 0.29) is 29.9 Å². The van der Waals surface area contributed by atoms with E-state index in [1.165, 1.54) is 0 Å². The number of rotatable bonds is 4. The fraction of sp³-hybridized carbons (Fsp3) is 0.348. The minimum absolute atomic E-state index is 0.0534. The molecule has 0 radical (unpaired) electrons. The van der Waals surface area contributed by atoms with Gasteiger partial charge >= 0.3 is 6.18 Å². The first-order valence-electron chi connectivity index (χ1n) is 10.7. The Bertz CT molecular complexity index is 1170. The number of aryl methyl sites for hydroxylation is 1. The molecule has 1 amide bonds. The average molecular weight is 454 g/mol. The number of benzene rings is 1. The van der Waals surface area contributed by atoms with Crippen molar-refractivity contribution >= 4 is 11.7 Å². The lowest BCUT2D eigenvalue weighted by Gasteiger charge is -2.26. The third-order valence-corrected chi connectivity index (χ3v) is 6.38. The van der Waals surface area contributed by atoms with Crippen molar-refractivity contribution in [2.24, 2.45) is 0 Å². The number of anilines is 1. The van der Waals surface area contributed by atoms with Gasteiger partial charge in [-0.05, 0) is 49.9 Å². The van der Waals surface area contributed by atoms with Crippen LogP contribution >= 0.6 is 0 Å². The van der Waals surface area contributed by atoms with Crippen LogP contribution in [-0.2, 0) is 6.18 Å². The standard InChI is InChI=1S/C23H21F3N6O/c1-13-4-2-5-15(21(13)16-6-3-9-29-31-16)22(33)32-14-7-8-18(32)17(10-14)30-20-12-27-19(11-28-20)23(24,25)26/h2-6,9,11-12,14,17-18H,7-8,10H2,1H3,(H,28,30)/t14-,17-,18+/m1/s1. The van der Waals surface area contributed by atoms with Gasteiger partial charge in [0.2, 0.25) is 0 Å². The lowest BCUT2D eigenvalue weighted by atomic mass is 9.95. The van der Waals surface area contributed by atoms with Crippen LogP contribution in [0.25, 0.3) is 11.3 Å². The number of halogens is 3. The van der Waals surface area contributed by atoms with Crippen molar-refractivity contribution in [1.29, 1.82) is 0 Å². The van der Waals surface area contributed by atoms with Crippen molar-refractivity contribution in [3.63, 3.8) is 0 Å². The minimum Gasteiger partial charge on any atom is -0.364 e. The molecule has 10 heteroatoms. The van der Waals surface area contributed by atoms with Crippen LogP contribution in [0.5, 0.6) is 0 Å². The summed E-state index contributed by atoms with van der Waals surface area (Å²) in [7, 11) is 0. The molecular weight excluding hydrogens is 433 g/mol. The van der Waals surface area contributed by atoms with Crippen molar-refractivity contribution < 1.29 is 18.0 Å². The van der Waals surface area contributed by atoms with Crippen molar-refractivity contribution in [2.75, 3.05) is 5.32 Å². The molecule has 1 aromatic carbocycles. The summed E-state index contributed by atoms with van der Waals surface area (Å²) in [6, 6.07) is 9.08. The smallest absolute Gasteiger partial charge is 0.364 e. The molecule has 2 aliphatic rings. The highest BCUT2D eigenvalue weighted by atomic mass is 19.4. The Balaban J connectivity index is 1.39. The molecule has 2 bridgehead atoms.